The number of guanidine groups is 1. The topological polar surface area (TPSA) is 84.7 Å². The molecule has 0 aliphatic heterocycles. The number of carbonyl (C=O) groups is 1. The summed E-state index contributed by atoms with van der Waals surface area (Å²) in [5.74, 6) is -0.268. The maximum atomic E-state index is 11.8. The van der Waals surface area contributed by atoms with Crippen molar-refractivity contribution in [3.05, 3.63) is 28.8 Å². The molecule has 1 rings (SSSR count). The highest BCUT2D eigenvalue weighted by molar-refractivity contribution is 6.33. The van der Waals surface area contributed by atoms with E-state index >= 15 is 0 Å². The largest absolute Gasteiger partial charge is 0.370 e. The van der Waals surface area contributed by atoms with Gasteiger partial charge in [-0.15, -0.1) is 0 Å². The number of anilines is 1. The van der Waals surface area contributed by atoms with Crippen LogP contribution in [0.15, 0.2) is 23.2 Å². The Kier molecular flexibility index (Phi) is 7.02. The van der Waals surface area contributed by atoms with Crippen molar-refractivity contribution in [1.82, 2.24) is 0 Å². The predicted molar refractivity (Wildman–Crippen MR) is 88.9 cm³/mol. The number of hydrogen-bond donors (Lipinski definition) is 2. The number of nitrogens with two attached hydrogens (primary N) is 2. The summed E-state index contributed by atoms with van der Waals surface area (Å²) in [7, 11) is 1.58. The molecule has 0 aromatic heterocycles. The van der Waals surface area contributed by atoms with Gasteiger partial charge < -0.3 is 11.5 Å². The molecule has 0 radical (unpaired) electrons. The van der Waals surface area contributed by atoms with Crippen molar-refractivity contribution in [3.8, 4) is 0 Å². The van der Waals surface area contributed by atoms with E-state index in [0.29, 0.717) is 10.7 Å². The number of urea groups is 1. The monoisotopic (exact) mass is 310 g/mol. The molecule has 0 heterocycles. The van der Waals surface area contributed by atoms with Crippen molar-refractivity contribution in [2.45, 2.75) is 39.0 Å². The molecule has 6 heteroatoms. The van der Waals surface area contributed by atoms with Crippen LogP contribution in [0.5, 0.6) is 0 Å². The summed E-state index contributed by atoms with van der Waals surface area (Å²) < 4.78 is 0. The SMILES string of the molecule is CCCCCCc1ccc(N(C)C(=O)N=C(N)N)c(Cl)c1. The fraction of sp³-hybridized carbons (Fsp3) is 0.467. The lowest BCUT2D eigenvalue weighted by atomic mass is 10.1. The molecule has 0 saturated heterocycles. The molecule has 1 aromatic carbocycles. The molecule has 0 unspecified atom stereocenters. The number of nitrogens with zero attached hydrogens (tertiary/aromatic N) is 2. The number of unbranched alkanes of at least 4 members (excludes halogenated alkanes) is 3. The van der Waals surface area contributed by atoms with Crippen LogP contribution in [0.1, 0.15) is 38.2 Å². The average Bonchev–Trinajstić information content (AvgIpc) is 2.42. The lowest BCUT2D eigenvalue weighted by Crippen LogP contribution is -2.30. The van der Waals surface area contributed by atoms with Crippen LogP contribution in [0.3, 0.4) is 0 Å². The van der Waals surface area contributed by atoms with Crippen molar-refractivity contribution in [2.75, 3.05) is 11.9 Å². The number of rotatable bonds is 6. The first kappa shape index (κ1) is 17.3. The molecule has 5 nitrogen and oxygen atoms in total. The zero-order valence-corrected chi connectivity index (χ0v) is 13.4. The summed E-state index contributed by atoms with van der Waals surface area (Å²) in [4.78, 5) is 16.6. The van der Waals surface area contributed by atoms with Crippen molar-refractivity contribution in [3.63, 3.8) is 0 Å². The lowest BCUT2D eigenvalue weighted by Gasteiger charge is -2.17. The Bertz CT molecular complexity index is 512. The van der Waals surface area contributed by atoms with E-state index in [-0.39, 0.29) is 5.96 Å². The van der Waals surface area contributed by atoms with Gasteiger partial charge in [-0.25, -0.2) is 4.79 Å². The van der Waals surface area contributed by atoms with Gasteiger partial charge in [-0.05, 0) is 30.5 Å². The third kappa shape index (κ3) is 5.63. The highest BCUT2D eigenvalue weighted by Crippen LogP contribution is 2.27. The van der Waals surface area contributed by atoms with Crippen LogP contribution < -0.4 is 16.4 Å². The average molecular weight is 311 g/mol. The molecular weight excluding hydrogens is 288 g/mol. The molecule has 4 N–H and O–H groups in total. The zero-order valence-electron chi connectivity index (χ0n) is 12.6. The molecule has 21 heavy (non-hydrogen) atoms. The van der Waals surface area contributed by atoms with E-state index in [0.717, 1.165) is 12.8 Å². The summed E-state index contributed by atoms with van der Waals surface area (Å²) in [5, 5.41) is 0.518. The molecule has 0 spiro atoms. The van der Waals surface area contributed by atoms with Crippen LogP contribution in [-0.2, 0) is 6.42 Å². The molecule has 116 valence electrons. The van der Waals surface area contributed by atoms with Crippen LogP contribution in [0, 0.1) is 0 Å². The molecule has 0 aliphatic carbocycles. The van der Waals surface area contributed by atoms with Crippen LogP contribution >= 0.6 is 11.6 Å². The van der Waals surface area contributed by atoms with Crippen molar-refractivity contribution in [2.24, 2.45) is 16.5 Å². The molecule has 0 atom stereocenters. The molecule has 0 saturated carbocycles. The van der Waals surface area contributed by atoms with Crippen molar-refractivity contribution in [1.29, 1.82) is 0 Å². The molecular formula is C15H23ClN4O. The number of carbonyl (C=O) groups excluding carboxylic acids is 1. The third-order valence-electron chi connectivity index (χ3n) is 3.20. The minimum Gasteiger partial charge on any atom is -0.370 e. The lowest BCUT2D eigenvalue weighted by molar-refractivity contribution is 0.255. The van der Waals surface area contributed by atoms with Gasteiger partial charge in [0, 0.05) is 7.05 Å². The number of aliphatic imine (C=N–C) groups is 1. The van der Waals surface area contributed by atoms with E-state index in [1.807, 2.05) is 18.2 Å². The quantitative estimate of drug-likeness (QED) is 0.480. The highest BCUT2D eigenvalue weighted by atomic mass is 35.5. The van der Waals surface area contributed by atoms with E-state index in [1.54, 1.807) is 7.05 Å². The highest BCUT2D eigenvalue weighted by Gasteiger charge is 2.13. The summed E-state index contributed by atoms with van der Waals surface area (Å²) in [6.45, 7) is 2.19. The van der Waals surface area contributed by atoms with E-state index in [9.17, 15) is 4.79 Å². The molecule has 1 aromatic rings. The Morgan fingerprint density at radius 3 is 2.57 bits per heavy atom. The Labute approximate surface area is 131 Å². The standard InChI is InChI=1S/C15H23ClN4O/c1-3-4-5-6-7-11-8-9-13(12(16)10-11)20(2)15(21)19-14(17)18/h8-10H,3-7H2,1-2H3,(H4,17,18,19,21). The van der Waals surface area contributed by atoms with Crippen LogP contribution in [0.2, 0.25) is 5.02 Å². The molecule has 0 bridgehead atoms. The van der Waals surface area contributed by atoms with Gasteiger partial charge in [0.05, 0.1) is 10.7 Å². The molecule has 0 fully saturated rings. The Hall–Kier alpha value is -1.75. The second kappa shape index (κ2) is 8.52. The van der Waals surface area contributed by atoms with Crippen LogP contribution in [0.4, 0.5) is 10.5 Å². The van der Waals surface area contributed by atoms with E-state index in [2.05, 4.69) is 11.9 Å². The summed E-state index contributed by atoms with van der Waals surface area (Å²) in [5.41, 5.74) is 12.2. The number of aryl methyl sites for hydroxylation is 1. The van der Waals surface area contributed by atoms with Crippen molar-refractivity contribution < 1.29 is 4.79 Å². The summed E-state index contributed by atoms with van der Waals surface area (Å²) >= 11 is 6.24. The number of halogens is 1. The maximum Gasteiger partial charge on any atom is 0.351 e. The number of amides is 2. The van der Waals surface area contributed by atoms with Gasteiger partial charge in [-0.2, -0.15) is 4.99 Å². The predicted octanol–water partition coefficient (Wildman–Crippen LogP) is 3.29. The Balaban J connectivity index is 2.73. The van der Waals surface area contributed by atoms with E-state index in [4.69, 9.17) is 23.1 Å². The van der Waals surface area contributed by atoms with Gasteiger partial charge in [-0.1, -0.05) is 43.9 Å². The zero-order chi connectivity index (χ0) is 15.8. The summed E-state index contributed by atoms with van der Waals surface area (Å²) in [6, 6.07) is 5.14. The minimum atomic E-state index is -0.549. The van der Waals surface area contributed by atoms with Crippen LogP contribution in [0.25, 0.3) is 0 Å². The number of hydrogen-bond acceptors (Lipinski definition) is 1. The molecule has 0 aliphatic rings. The van der Waals surface area contributed by atoms with E-state index in [1.165, 1.54) is 29.7 Å². The van der Waals surface area contributed by atoms with Gasteiger partial charge >= 0.3 is 6.03 Å². The Morgan fingerprint density at radius 1 is 1.29 bits per heavy atom. The fourth-order valence-electron chi connectivity index (χ4n) is 2.02. The summed E-state index contributed by atoms with van der Waals surface area (Å²) in [6.07, 6.45) is 5.83. The van der Waals surface area contributed by atoms with Gasteiger partial charge in [-0.3, -0.25) is 4.90 Å². The fourth-order valence-corrected chi connectivity index (χ4v) is 2.35. The van der Waals surface area contributed by atoms with Gasteiger partial charge in [0.2, 0.25) is 0 Å². The maximum absolute atomic E-state index is 11.8. The second-order valence-electron chi connectivity index (χ2n) is 4.97. The third-order valence-corrected chi connectivity index (χ3v) is 3.51. The van der Waals surface area contributed by atoms with Gasteiger partial charge in [0.15, 0.2) is 5.96 Å². The molecule has 2 amide bonds. The first-order valence-electron chi connectivity index (χ1n) is 7.11. The number of benzene rings is 1. The Morgan fingerprint density at radius 2 is 2.00 bits per heavy atom. The van der Waals surface area contributed by atoms with Gasteiger partial charge in [0.1, 0.15) is 0 Å². The minimum absolute atomic E-state index is 0.268. The van der Waals surface area contributed by atoms with E-state index < -0.39 is 6.03 Å². The smallest absolute Gasteiger partial charge is 0.351 e. The second-order valence-corrected chi connectivity index (χ2v) is 5.38. The van der Waals surface area contributed by atoms with Crippen molar-refractivity contribution >= 4 is 29.3 Å². The normalized spacial score (nSPS) is 10.2. The van der Waals surface area contributed by atoms with Gasteiger partial charge in [0.25, 0.3) is 0 Å². The first-order chi connectivity index (χ1) is 9.95. The van der Waals surface area contributed by atoms with Crippen LogP contribution in [-0.4, -0.2) is 19.0 Å². The first-order valence-corrected chi connectivity index (χ1v) is 7.49.